The molecule has 0 radical (unpaired) electrons. The first-order valence-electron chi connectivity index (χ1n) is 9.33. The number of esters is 1. The first-order valence-corrected chi connectivity index (χ1v) is 10.1. The van der Waals surface area contributed by atoms with Crippen molar-refractivity contribution in [3.05, 3.63) is 71.2 Å². The van der Waals surface area contributed by atoms with Crippen molar-refractivity contribution >= 4 is 40.6 Å². The van der Waals surface area contributed by atoms with Crippen molar-refractivity contribution in [2.75, 3.05) is 27.9 Å². The molecular formula is C23H22N2O5S. The summed E-state index contributed by atoms with van der Waals surface area (Å²) < 4.78 is 15.6. The second-order valence-electron chi connectivity index (χ2n) is 6.42. The lowest BCUT2D eigenvalue weighted by Gasteiger charge is -2.10. The Bertz CT molecular complexity index is 1060. The molecular weight excluding hydrogens is 416 g/mol. The summed E-state index contributed by atoms with van der Waals surface area (Å²) >= 11 is 1.27. The summed E-state index contributed by atoms with van der Waals surface area (Å²) in [6.07, 6.45) is 3.44. The van der Waals surface area contributed by atoms with Crippen LogP contribution in [0, 0.1) is 0 Å². The fraction of sp³-hybridized carbons (Fsp3) is 0.174. The molecule has 1 heterocycles. The number of methoxy groups -OCH3 is 2. The summed E-state index contributed by atoms with van der Waals surface area (Å²) in [7, 11) is 4.56. The summed E-state index contributed by atoms with van der Waals surface area (Å²) in [5.74, 6) is 0.605. The molecule has 8 heteroatoms. The zero-order valence-electron chi connectivity index (χ0n) is 17.5. The highest BCUT2D eigenvalue weighted by Crippen LogP contribution is 2.35. The van der Waals surface area contributed by atoms with Crippen LogP contribution >= 0.6 is 11.8 Å². The molecule has 1 amide bonds. The van der Waals surface area contributed by atoms with Crippen LogP contribution in [-0.2, 0) is 9.53 Å². The molecule has 0 aliphatic carbocycles. The van der Waals surface area contributed by atoms with E-state index in [2.05, 4.69) is 11.6 Å². The molecule has 0 bridgehead atoms. The molecule has 2 aromatic rings. The molecule has 3 rings (SSSR count). The van der Waals surface area contributed by atoms with Crippen molar-refractivity contribution in [3.63, 3.8) is 0 Å². The number of thioether (sulfide) groups is 1. The minimum atomic E-state index is -0.414. The lowest BCUT2D eigenvalue weighted by atomic mass is 10.2. The van der Waals surface area contributed by atoms with E-state index in [4.69, 9.17) is 14.2 Å². The molecule has 1 aliphatic heterocycles. The smallest absolute Gasteiger partial charge is 0.337 e. The molecule has 1 fully saturated rings. The Morgan fingerprint density at radius 1 is 1.16 bits per heavy atom. The van der Waals surface area contributed by atoms with Crippen LogP contribution in [0.4, 0.5) is 5.69 Å². The minimum Gasteiger partial charge on any atom is -0.493 e. The van der Waals surface area contributed by atoms with Crippen LogP contribution in [0.15, 0.2) is 65.0 Å². The van der Waals surface area contributed by atoms with Gasteiger partial charge in [-0.1, -0.05) is 18.7 Å². The van der Waals surface area contributed by atoms with E-state index in [9.17, 15) is 9.59 Å². The van der Waals surface area contributed by atoms with Gasteiger partial charge in [0.05, 0.1) is 30.4 Å². The number of benzene rings is 2. The van der Waals surface area contributed by atoms with Gasteiger partial charge in [0.1, 0.15) is 6.61 Å². The summed E-state index contributed by atoms with van der Waals surface area (Å²) in [6.45, 7) is 4.00. The second-order valence-corrected chi connectivity index (χ2v) is 7.43. The number of aliphatic imine (C=N–C) groups is 1. The summed E-state index contributed by atoms with van der Waals surface area (Å²) in [5.41, 5.74) is 1.86. The summed E-state index contributed by atoms with van der Waals surface area (Å²) in [4.78, 5) is 30.8. The van der Waals surface area contributed by atoms with Crippen molar-refractivity contribution in [2.24, 2.45) is 4.99 Å². The van der Waals surface area contributed by atoms with Gasteiger partial charge >= 0.3 is 5.97 Å². The Morgan fingerprint density at radius 3 is 2.55 bits per heavy atom. The third-order valence-corrected chi connectivity index (χ3v) is 5.42. The minimum absolute atomic E-state index is 0.152. The van der Waals surface area contributed by atoms with Gasteiger partial charge in [-0.2, -0.15) is 0 Å². The Balaban J connectivity index is 1.82. The maximum Gasteiger partial charge on any atom is 0.337 e. The molecule has 2 aromatic carbocycles. The Labute approximate surface area is 185 Å². The third-order valence-electron chi connectivity index (χ3n) is 4.36. The normalized spacial score (nSPS) is 16.0. The number of hydrogen-bond acceptors (Lipinski definition) is 7. The van der Waals surface area contributed by atoms with Crippen LogP contribution in [0.2, 0.25) is 0 Å². The summed E-state index contributed by atoms with van der Waals surface area (Å²) in [5, 5.41) is 0.542. The lowest BCUT2D eigenvalue weighted by molar-refractivity contribution is -0.121. The number of likely N-dealkylation sites (N-methyl/N-ethyl adjacent to an activating group) is 1. The van der Waals surface area contributed by atoms with Crippen molar-refractivity contribution < 1.29 is 23.8 Å². The highest BCUT2D eigenvalue weighted by atomic mass is 32.2. The third kappa shape index (κ3) is 5.16. The van der Waals surface area contributed by atoms with E-state index in [1.807, 2.05) is 6.07 Å². The quantitative estimate of drug-likeness (QED) is 0.365. The number of ether oxygens (including phenoxy) is 3. The standard InChI is InChI=1S/C23H22N2O5S/c1-5-12-30-18-11-6-15(13-19(18)28-3)14-20-21(26)25(2)23(31-20)24-17-9-7-16(8-10-17)22(27)29-4/h5-11,13-14H,1,12H2,2-4H3/b20-14-,24-23?. The van der Waals surface area contributed by atoms with E-state index in [-0.39, 0.29) is 5.91 Å². The van der Waals surface area contributed by atoms with Gasteiger partial charge in [0, 0.05) is 7.05 Å². The van der Waals surface area contributed by atoms with Gasteiger partial charge in [0.2, 0.25) is 0 Å². The molecule has 0 aromatic heterocycles. The van der Waals surface area contributed by atoms with E-state index in [1.165, 1.54) is 23.8 Å². The van der Waals surface area contributed by atoms with Gasteiger partial charge in [-0.15, -0.1) is 0 Å². The maximum atomic E-state index is 12.7. The van der Waals surface area contributed by atoms with Crippen molar-refractivity contribution in [1.82, 2.24) is 4.90 Å². The molecule has 0 N–H and O–H groups in total. The average Bonchev–Trinajstić information content (AvgIpc) is 3.05. The fourth-order valence-corrected chi connectivity index (χ4v) is 3.73. The number of amidine groups is 1. The fourth-order valence-electron chi connectivity index (χ4n) is 2.75. The SMILES string of the molecule is C=CCOc1ccc(/C=C2\SC(=Nc3ccc(C(=O)OC)cc3)N(C)C2=O)cc1OC. The van der Waals surface area contributed by atoms with Crippen molar-refractivity contribution in [3.8, 4) is 11.5 Å². The van der Waals surface area contributed by atoms with E-state index in [0.29, 0.717) is 39.4 Å². The molecule has 0 spiro atoms. The number of carbonyl (C=O) groups excluding carboxylic acids is 2. The van der Waals surface area contributed by atoms with Crippen LogP contribution < -0.4 is 9.47 Å². The van der Waals surface area contributed by atoms with Gasteiger partial charge in [0.15, 0.2) is 16.7 Å². The lowest BCUT2D eigenvalue weighted by Crippen LogP contribution is -2.23. The van der Waals surface area contributed by atoms with Gasteiger partial charge in [-0.25, -0.2) is 9.79 Å². The summed E-state index contributed by atoms with van der Waals surface area (Å²) in [6, 6.07) is 12.1. The van der Waals surface area contributed by atoms with Crippen LogP contribution in [0.3, 0.4) is 0 Å². The van der Waals surface area contributed by atoms with Crippen molar-refractivity contribution in [2.45, 2.75) is 0 Å². The van der Waals surface area contributed by atoms with Crippen molar-refractivity contribution in [1.29, 1.82) is 0 Å². The number of nitrogens with zero attached hydrogens (tertiary/aromatic N) is 2. The molecule has 160 valence electrons. The zero-order chi connectivity index (χ0) is 22.4. The molecule has 1 aliphatic rings. The highest BCUT2D eigenvalue weighted by molar-refractivity contribution is 8.18. The Morgan fingerprint density at radius 2 is 1.90 bits per heavy atom. The van der Waals surface area contributed by atoms with Gasteiger partial charge < -0.3 is 14.2 Å². The van der Waals surface area contributed by atoms with Crippen LogP contribution in [0.5, 0.6) is 11.5 Å². The van der Waals surface area contributed by atoms with Crippen LogP contribution in [0.25, 0.3) is 6.08 Å². The highest BCUT2D eigenvalue weighted by Gasteiger charge is 2.30. The van der Waals surface area contributed by atoms with Crippen LogP contribution in [-0.4, -0.2) is 49.8 Å². The molecule has 0 saturated carbocycles. The van der Waals surface area contributed by atoms with E-state index >= 15 is 0 Å². The number of rotatable bonds is 7. The molecule has 0 unspecified atom stereocenters. The van der Waals surface area contributed by atoms with E-state index < -0.39 is 5.97 Å². The Kier molecular flexibility index (Phi) is 7.15. The average molecular weight is 439 g/mol. The van der Waals surface area contributed by atoms with Gasteiger partial charge in [-0.3, -0.25) is 9.69 Å². The predicted octanol–water partition coefficient (Wildman–Crippen LogP) is 4.28. The maximum absolute atomic E-state index is 12.7. The topological polar surface area (TPSA) is 77.4 Å². The molecule has 7 nitrogen and oxygen atoms in total. The molecule has 0 atom stereocenters. The second kappa shape index (κ2) is 9.99. The predicted molar refractivity (Wildman–Crippen MR) is 122 cm³/mol. The number of carbonyl (C=O) groups is 2. The monoisotopic (exact) mass is 438 g/mol. The van der Waals surface area contributed by atoms with E-state index in [0.717, 1.165) is 5.56 Å². The van der Waals surface area contributed by atoms with Gasteiger partial charge in [0.25, 0.3) is 5.91 Å². The first kappa shape index (κ1) is 22.2. The van der Waals surface area contributed by atoms with E-state index in [1.54, 1.807) is 62.7 Å². The van der Waals surface area contributed by atoms with Crippen LogP contribution in [0.1, 0.15) is 15.9 Å². The number of hydrogen-bond donors (Lipinski definition) is 0. The largest absolute Gasteiger partial charge is 0.493 e. The molecule has 1 saturated heterocycles. The van der Waals surface area contributed by atoms with Gasteiger partial charge in [-0.05, 0) is 59.8 Å². The zero-order valence-corrected chi connectivity index (χ0v) is 18.3. The molecule has 31 heavy (non-hydrogen) atoms. The number of amides is 1. The first-order chi connectivity index (χ1) is 15.0. The Hall–Kier alpha value is -3.52.